The molecule has 0 aliphatic carbocycles. The van der Waals surface area contributed by atoms with Gasteiger partial charge in [-0.05, 0) is 26.2 Å². The summed E-state index contributed by atoms with van der Waals surface area (Å²) in [5, 5.41) is 0. The first-order valence-corrected chi connectivity index (χ1v) is 6.15. The minimum absolute atomic E-state index is 0.0659. The lowest BCUT2D eigenvalue weighted by Crippen LogP contribution is -2.40. The van der Waals surface area contributed by atoms with Gasteiger partial charge < -0.3 is 9.64 Å². The number of nitrogens with zero attached hydrogens (tertiary/aromatic N) is 1. The Labute approximate surface area is 103 Å². The summed E-state index contributed by atoms with van der Waals surface area (Å²) in [5.74, 6) is -0.374. The fourth-order valence-electron chi connectivity index (χ4n) is 2.17. The van der Waals surface area contributed by atoms with Crippen molar-refractivity contribution in [2.24, 2.45) is 0 Å². The Balaban J connectivity index is 2.68. The van der Waals surface area contributed by atoms with Crippen LogP contribution in [0.3, 0.4) is 0 Å². The molecule has 0 aromatic rings. The summed E-state index contributed by atoms with van der Waals surface area (Å²) in [5.41, 5.74) is 1.06. The van der Waals surface area contributed by atoms with Crippen molar-refractivity contribution in [3.05, 3.63) is 11.6 Å². The second-order valence-corrected chi connectivity index (χ2v) is 4.45. The fourth-order valence-corrected chi connectivity index (χ4v) is 2.17. The van der Waals surface area contributed by atoms with Gasteiger partial charge >= 0.3 is 5.97 Å². The van der Waals surface area contributed by atoms with Crippen molar-refractivity contribution in [1.29, 1.82) is 0 Å². The average molecular weight is 239 g/mol. The summed E-state index contributed by atoms with van der Waals surface area (Å²) in [6.45, 7) is 4.67. The average Bonchev–Trinajstić information content (AvgIpc) is 2.77. The quantitative estimate of drug-likeness (QED) is 0.556. The molecule has 0 spiro atoms. The van der Waals surface area contributed by atoms with Crippen LogP contribution in [0.4, 0.5) is 0 Å². The Morgan fingerprint density at radius 3 is 2.76 bits per heavy atom. The van der Waals surface area contributed by atoms with E-state index in [0.717, 1.165) is 24.8 Å². The van der Waals surface area contributed by atoms with Crippen LogP contribution in [0.5, 0.6) is 0 Å². The van der Waals surface area contributed by atoms with Gasteiger partial charge in [0.2, 0.25) is 5.91 Å². The lowest BCUT2D eigenvalue weighted by atomic mass is 10.1. The smallest absolute Gasteiger partial charge is 0.328 e. The van der Waals surface area contributed by atoms with Crippen LogP contribution in [-0.4, -0.2) is 36.5 Å². The molecule has 0 aromatic carbocycles. The SMILES string of the molecule is CCC/C(C)=C/C(=O)N1CCCC1C(=O)OC. The number of amides is 1. The molecular formula is C13H21NO3. The van der Waals surface area contributed by atoms with E-state index in [1.807, 2.05) is 6.92 Å². The first kappa shape index (κ1) is 13.7. The molecule has 4 heteroatoms. The van der Waals surface area contributed by atoms with Crippen molar-refractivity contribution >= 4 is 11.9 Å². The van der Waals surface area contributed by atoms with Crippen LogP contribution in [0.2, 0.25) is 0 Å². The number of hydrogen-bond donors (Lipinski definition) is 0. The van der Waals surface area contributed by atoms with Gasteiger partial charge in [-0.2, -0.15) is 0 Å². The van der Waals surface area contributed by atoms with Crippen LogP contribution >= 0.6 is 0 Å². The van der Waals surface area contributed by atoms with Gasteiger partial charge in [-0.15, -0.1) is 0 Å². The minimum Gasteiger partial charge on any atom is -0.467 e. The molecule has 1 amide bonds. The molecule has 1 unspecified atom stereocenters. The van der Waals surface area contributed by atoms with Gasteiger partial charge in [-0.1, -0.05) is 18.9 Å². The Bertz CT molecular complexity index is 323. The molecule has 0 saturated carbocycles. The Morgan fingerprint density at radius 2 is 2.18 bits per heavy atom. The van der Waals surface area contributed by atoms with Crippen LogP contribution in [0.1, 0.15) is 39.5 Å². The van der Waals surface area contributed by atoms with Gasteiger partial charge in [0, 0.05) is 12.6 Å². The number of carbonyl (C=O) groups excluding carboxylic acids is 2. The molecule has 1 atom stereocenters. The number of likely N-dealkylation sites (tertiary alicyclic amines) is 1. The van der Waals surface area contributed by atoms with Gasteiger partial charge in [0.25, 0.3) is 0 Å². The Hall–Kier alpha value is -1.32. The van der Waals surface area contributed by atoms with Crippen molar-refractivity contribution in [3.8, 4) is 0 Å². The summed E-state index contributed by atoms with van der Waals surface area (Å²) >= 11 is 0. The molecule has 1 saturated heterocycles. The highest BCUT2D eigenvalue weighted by Gasteiger charge is 2.33. The lowest BCUT2D eigenvalue weighted by molar-refractivity contribution is -0.149. The van der Waals surface area contributed by atoms with E-state index in [1.165, 1.54) is 7.11 Å². The highest BCUT2D eigenvalue weighted by atomic mass is 16.5. The summed E-state index contributed by atoms with van der Waals surface area (Å²) < 4.78 is 4.71. The molecule has 1 aliphatic heterocycles. The third-order valence-electron chi connectivity index (χ3n) is 3.02. The topological polar surface area (TPSA) is 46.6 Å². The van der Waals surface area contributed by atoms with Gasteiger partial charge in [-0.25, -0.2) is 4.79 Å². The monoisotopic (exact) mass is 239 g/mol. The summed E-state index contributed by atoms with van der Waals surface area (Å²) in [6, 6.07) is -0.391. The van der Waals surface area contributed by atoms with Crippen LogP contribution in [0.15, 0.2) is 11.6 Å². The molecule has 0 N–H and O–H groups in total. The normalized spacial score (nSPS) is 20.5. The van der Waals surface area contributed by atoms with Crippen molar-refractivity contribution < 1.29 is 14.3 Å². The first-order chi connectivity index (χ1) is 8.10. The Kier molecular flexibility index (Phi) is 5.19. The van der Waals surface area contributed by atoms with E-state index < -0.39 is 6.04 Å². The van der Waals surface area contributed by atoms with E-state index in [1.54, 1.807) is 11.0 Å². The number of methoxy groups -OCH3 is 1. The summed E-state index contributed by atoms with van der Waals surface area (Å²) in [6.07, 6.45) is 5.16. The number of carbonyl (C=O) groups is 2. The highest BCUT2D eigenvalue weighted by Crippen LogP contribution is 2.19. The van der Waals surface area contributed by atoms with E-state index in [4.69, 9.17) is 4.74 Å². The minimum atomic E-state index is -0.391. The van der Waals surface area contributed by atoms with Crippen LogP contribution < -0.4 is 0 Å². The van der Waals surface area contributed by atoms with E-state index in [-0.39, 0.29) is 11.9 Å². The zero-order valence-electron chi connectivity index (χ0n) is 10.9. The molecule has 1 heterocycles. The van der Waals surface area contributed by atoms with Crippen LogP contribution in [0.25, 0.3) is 0 Å². The van der Waals surface area contributed by atoms with Crippen LogP contribution in [-0.2, 0) is 14.3 Å². The third-order valence-corrected chi connectivity index (χ3v) is 3.02. The first-order valence-electron chi connectivity index (χ1n) is 6.15. The second kappa shape index (κ2) is 6.42. The standard InChI is InChI=1S/C13H21NO3/c1-4-6-10(2)9-12(15)14-8-5-7-11(14)13(16)17-3/h9,11H,4-8H2,1-3H3/b10-9+. The molecule has 0 radical (unpaired) electrons. The van der Waals surface area contributed by atoms with Gasteiger partial charge in [0.15, 0.2) is 0 Å². The maximum Gasteiger partial charge on any atom is 0.328 e. The maximum absolute atomic E-state index is 12.0. The number of esters is 1. The zero-order chi connectivity index (χ0) is 12.8. The predicted molar refractivity (Wildman–Crippen MR) is 65.4 cm³/mol. The number of rotatable bonds is 4. The number of ether oxygens (including phenoxy) is 1. The van der Waals surface area contributed by atoms with Crippen molar-refractivity contribution in [2.75, 3.05) is 13.7 Å². The highest BCUT2D eigenvalue weighted by molar-refractivity contribution is 5.92. The number of hydrogen-bond acceptors (Lipinski definition) is 3. The maximum atomic E-state index is 12.0. The molecule has 1 rings (SSSR count). The zero-order valence-corrected chi connectivity index (χ0v) is 10.9. The van der Waals surface area contributed by atoms with E-state index in [0.29, 0.717) is 13.0 Å². The number of allylic oxidation sites excluding steroid dienone is 1. The molecule has 4 nitrogen and oxygen atoms in total. The summed E-state index contributed by atoms with van der Waals surface area (Å²) in [4.78, 5) is 25.1. The predicted octanol–water partition coefficient (Wildman–Crippen LogP) is 1.90. The molecule has 0 bridgehead atoms. The third kappa shape index (κ3) is 3.58. The molecule has 0 aromatic heterocycles. The Morgan fingerprint density at radius 1 is 1.47 bits per heavy atom. The van der Waals surface area contributed by atoms with Crippen molar-refractivity contribution in [3.63, 3.8) is 0 Å². The van der Waals surface area contributed by atoms with Crippen LogP contribution in [0, 0.1) is 0 Å². The largest absolute Gasteiger partial charge is 0.467 e. The van der Waals surface area contributed by atoms with E-state index >= 15 is 0 Å². The second-order valence-electron chi connectivity index (χ2n) is 4.45. The van der Waals surface area contributed by atoms with Gasteiger partial charge in [-0.3, -0.25) is 4.79 Å². The van der Waals surface area contributed by atoms with E-state index in [9.17, 15) is 9.59 Å². The van der Waals surface area contributed by atoms with Crippen molar-refractivity contribution in [1.82, 2.24) is 4.90 Å². The molecule has 17 heavy (non-hydrogen) atoms. The van der Waals surface area contributed by atoms with Crippen molar-refractivity contribution in [2.45, 2.75) is 45.6 Å². The molecule has 1 fully saturated rings. The molecule has 1 aliphatic rings. The van der Waals surface area contributed by atoms with Gasteiger partial charge in [0.05, 0.1) is 7.11 Å². The van der Waals surface area contributed by atoms with E-state index in [2.05, 4.69) is 6.92 Å². The fraction of sp³-hybridized carbons (Fsp3) is 0.692. The lowest BCUT2D eigenvalue weighted by Gasteiger charge is -2.21. The summed E-state index contributed by atoms with van der Waals surface area (Å²) in [7, 11) is 1.36. The molecule has 96 valence electrons. The van der Waals surface area contributed by atoms with Gasteiger partial charge in [0.1, 0.15) is 6.04 Å². The molecular weight excluding hydrogens is 218 g/mol.